The lowest BCUT2D eigenvalue weighted by Crippen LogP contribution is -2.09. The molecule has 0 N–H and O–H groups in total. The monoisotopic (exact) mass is 319 g/mol. The fraction of sp³-hybridized carbons (Fsp3) is 0.190. The summed E-state index contributed by atoms with van der Waals surface area (Å²) in [5.74, 6) is 0. The van der Waals surface area contributed by atoms with Crippen LogP contribution in [0.2, 0.25) is 0 Å². The van der Waals surface area contributed by atoms with Crippen LogP contribution < -0.4 is 0 Å². The number of aryl methyl sites for hydroxylation is 2. The minimum atomic E-state index is 0.921. The van der Waals surface area contributed by atoms with Gasteiger partial charge < -0.3 is 4.57 Å². The second kappa shape index (κ2) is 6.51. The second-order valence-electron chi connectivity index (χ2n) is 6.08. The molecule has 0 saturated carbocycles. The van der Waals surface area contributed by atoms with E-state index in [1.165, 1.54) is 22.4 Å². The minimum absolute atomic E-state index is 0.921. The Kier molecular flexibility index (Phi) is 4.44. The lowest BCUT2D eigenvalue weighted by atomic mass is 10.1. The van der Waals surface area contributed by atoms with Crippen LogP contribution >= 0.6 is 12.2 Å². The van der Waals surface area contributed by atoms with Crippen molar-refractivity contribution < 1.29 is 0 Å². The Morgan fingerprint density at radius 1 is 0.957 bits per heavy atom. The van der Waals surface area contributed by atoms with Gasteiger partial charge in [-0.25, -0.2) is 0 Å². The Morgan fingerprint density at radius 3 is 2.26 bits per heavy atom. The van der Waals surface area contributed by atoms with Gasteiger partial charge in [0.2, 0.25) is 0 Å². The zero-order valence-electron chi connectivity index (χ0n) is 13.8. The molecule has 0 amide bonds. The molecule has 23 heavy (non-hydrogen) atoms. The molecule has 0 radical (unpaired) electrons. The van der Waals surface area contributed by atoms with Crippen molar-refractivity contribution in [3.05, 3.63) is 94.3 Å². The first-order chi connectivity index (χ1) is 11.1. The smallest absolute Gasteiger partial charge is 0.0689 e. The summed E-state index contributed by atoms with van der Waals surface area (Å²) in [6.07, 6.45) is 0.925. The molecular formula is C21H21NS. The first-order valence-electron chi connectivity index (χ1n) is 7.87. The Labute approximate surface area is 143 Å². The van der Waals surface area contributed by atoms with Crippen LogP contribution in [-0.4, -0.2) is 9.43 Å². The van der Waals surface area contributed by atoms with Gasteiger partial charge in [0.25, 0.3) is 0 Å². The number of hydrogen-bond donors (Lipinski definition) is 0. The fourth-order valence-electron chi connectivity index (χ4n) is 2.97. The van der Waals surface area contributed by atoms with E-state index in [9.17, 15) is 0 Å². The Hall–Kier alpha value is -2.19. The van der Waals surface area contributed by atoms with E-state index in [4.69, 9.17) is 12.2 Å². The zero-order valence-corrected chi connectivity index (χ0v) is 14.7. The molecule has 0 aliphatic heterocycles. The average Bonchev–Trinajstić information content (AvgIpc) is 2.82. The largest absolute Gasteiger partial charge is 0.346 e. The van der Waals surface area contributed by atoms with Crippen LogP contribution in [0.5, 0.6) is 0 Å². The molecule has 0 unspecified atom stereocenters. The van der Waals surface area contributed by atoms with Crippen molar-refractivity contribution >= 4 is 17.1 Å². The quantitative estimate of drug-likeness (QED) is 0.484. The number of nitrogens with zero attached hydrogens (tertiary/aromatic N) is 1. The van der Waals surface area contributed by atoms with Gasteiger partial charge in [-0.1, -0.05) is 72.4 Å². The first kappa shape index (κ1) is 15.7. The Balaban J connectivity index is 1.94. The molecule has 1 heterocycles. The molecule has 0 fully saturated rings. The van der Waals surface area contributed by atoms with Gasteiger partial charge in [-0.05, 0) is 36.6 Å². The molecule has 116 valence electrons. The highest BCUT2D eigenvalue weighted by atomic mass is 32.1. The van der Waals surface area contributed by atoms with E-state index in [2.05, 4.69) is 86.1 Å². The Bertz CT molecular complexity index is 826. The van der Waals surface area contributed by atoms with Crippen molar-refractivity contribution in [1.29, 1.82) is 0 Å². The van der Waals surface area contributed by atoms with Crippen LogP contribution in [0, 0.1) is 13.8 Å². The van der Waals surface area contributed by atoms with E-state index >= 15 is 0 Å². The van der Waals surface area contributed by atoms with E-state index in [0.717, 1.165) is 22.5 Å². The summed E-state index contributed by atoms with van der Waals surface area (Å²) < 4.78 is 2.24. The van der Waals surface area contributed by atoms with Crippen LogP contribution in [0.3, 0.4) is 0 Å². The minimum Gasteiger partial charge on any atom is -0.346 e. The summed E-state index contributed by atoms with van der Waals surface area (Å²) in [6.45, 7) is 4.24. The number of benzene rings is 2. The van der Waals surface area contributed by atoms with Gasteiger partial charge >= 0.3 is 0 Å². The summed E-state index contributed by atoms with van der Waals surface area (Å²) in [5, 5.41) is 0. The van der Waals surface area contributed by atoms with Gasteiger partial charge in [-0.3, -0.25) is 0 Å². The summed E-state index contributed by atoms with van der Waals surface area (Å²) >= 11 is 5.76. The van der Waals surface area contributed by atoms with Gasteiger partial charge in [0, 0.05) is 19.2 Å². The molecule has 0 aliphatic carbocycles. The summed E-state index contributed by atoms with van der Waals surface area (Å²) in [4.78, 5) is 0.921. The summed E-state index contributed by atoms with van der Waals surface area (Å²) in [5.41, 5.74) is 7.36. The van der Waals surface area contributed by atoms with Gasteiger partial charge in [0.15, 0.2) is 0 Å². The van der Waals surface area contributed by atoms with Crippen molar-refractivity contribution in [2.45, 2.75) is 20.3 Å². The number of aromatic nitrogens is 1. The number of thiocarbonyl (C=S) groups is 1. The van der Waals surface area contributed by atoms with Crippen molar-refractivity contribution in [3.8, 4) is 0 Å². The molecule has 1 aromatic heterocycles. The van der Waals surface area contributed by atoms with E-state index in [-0.39, 0.29) is 0 Å². The molecule has 0 bridgehead atoms. The molecule has 0 spiro atoms. The molecule has 1 nitrogen and oxygen atoms in total. The van der Waals surface area contributed by atoms with Crippen LogP contribution in [0.15, 0.2) is 60.7 Å². The molecule has 3 rings (SSSR count). The maximum Gasteiger partial charge on any atom is 0.0689 e. The number of hydrogen-bond acceptors (Lipinski definition) is 1. The SMILES string of the molecule is Cc1ccc(C(=S)c2c(C)cc(Cc3ccccc3)n2C)cc1. The highest BCUT2D eigenvalue weighted by Gasteiger charge is 2.15. The van der Waals surface area contributed by atoms with Gasteiger partial charge in [0.05, 0.1) is 10.6 Å². The van der Waals surface area contributed by atoms with Crippen LogP contribution in [0.1, 0.15) is 33.6 Å². The van der Waals surface area contributed by atoms with Crippen LogP contribution in [-0.2, 0) is 13.5 Å². The van der Waals surface area contributed by atoms with Gasteiger partial charge in [-0.2, -0.15) is 0 Å². The highest BCUT2D eigenvalue weighted by Crippen LogP contribution is 2.21. The third-order valence-corrected chi connectivity index (χ3v) is 4.71. The normalized spacial score (nSPS) is 10.7. The van der Waals surface area contributed by atoms with E-state index in [0.29, 0.717) is 0 Å². The predicted octanol–water partition coefficient (Wildman–Crippen LogP) is 5.00. The summed E-state index contributed by atoms with van der Waals surface area (Å²) in [6, 6.07) is 21.3. The average molecular weight is 319 g/mol. The molecule has 2 heteroatoms. The molecular weight excluding hydrogens is 298 g/mol. The topological polar surface area (TPSA) is 4.93 Å². The molecule has 2 aromatic carbocycles. The zero-order chi connectivity index (χ0) is 16.4. The number of rotatable bonds is 4. The lowest BCUT2D eigenvalue weighted by molar-refractivity contribution is 0.842. The second-order valence-corrected chi connectivity index (χ2v) is 6.49. The van der Waals surface area contributed by atoms with Crippen molar-refractivity contribution in [1.82, 2.24) is 4.57 Å². The predicted molar refractivity (Wildman–Crippen MR) is 101 cm³/mol. The Morgan fingerprint density at radius 2 is 1.61 bits per heavy atom. The third kappa shape index (κ3) is 3.27. The fourth-order valence-corrected chi connectivity index (χ4v) is 3.40. The molecule has 0 aliphatic rings. The van der Waals surface area contributed by atoms with Gasteiger partial charge in [-0.15, -0.1) is 0 Å². The maximum absolute atomic E-state index is 5.76. The van der Waals surface area contributed by atoms with Crippen molar-refractivity contribution in [2.75, 3.05) is 0 Å². The summed E-state index contributed by atoms with van der Waals surface area (Å²) in [7, 11) is 2.11. The van der Waals surface area contributed by atoms with Crippen LogP contribution in [0.25, 0.3) is 0 Å². The molecule has 0 saturated heterocycles. The van der Waals surface area contributed by atoms with E-state index in [1.807, 2.05) is 0 Å². The highest BCUT2D eigenvalue weighted by molar-refractivity contribution is 7.81. The van der Waals surface area contributed by atoms with E-state index < -0.39 is 0 Å². The lowest BCUT2D eigenvalue weighted by Gasteiger charge is -2.11. The first-order valence-corrected chi connectivity index (χ1v) is 8.27. The van der Waals surface area contributed by atoms with E-state index in [1.54, 1.807) is 0 Å². The molecule has 0 atom stereocenters. The third-order valence-electron chi connectivity index (χ3n) is 4.28. The van der Waals surface area contributed by atoms with Crippen molar-refractivity contribution in [2.24, 2.45) is 7.05 Å². The maximum atomic E-state index is 5.76. The standard InChI is InChI=1S/C21H21NS/c1-15-9-11-18(12-10-15)21(23)20-16(2)13-19(22(20)3)14-17-7-5-4-6-8-17/h4-13H,14H2,1-3H3. The van der Waals surface area contributed by atoms with Crippen LogP contribution in [0.4, 0.5) is 0 Å². The van der Waals surface area contributed by atoms with Crippen molar-refractivity contribution in [3.63, 3.8) is 0 Å². The van der Waals surface area contributed by atoms with Gasteiger partial charge in [0.1, 0.15) is 0 Å². The molecule has 3 aromatic rings.